The molecule has 1 aromatic rings. The van der Waals surface area contributed by atoms with Crippen LogP contribution >= 0.6 is 0 Å². The summed E-state index contributed by atoms with van der Waals surface area (Å²) < 4.78 is 10.5. The van der Waals surface area contributed by atoms with Crippen molar-refractivity contribution in [3.8, 4) is 0 Å². The third kappa shape index (κ3) is 4.19. The summed E-state index contributed by atoms with van der Waals surface area (Å²) in [6, 6.07) is 3.43. The van der Waals surface area contributed by atoms with Gasteiger partial charge < -0.3 is 20.1 Å². The first-order valence-corrected chi connectivity index (χ1v) is 7.42. The molecule has 1 aromatic carbocycles. The summed E-state index contributed by atoms with van der Waals surface area (Å²) in [7, 11) is 0. The van der Waals surface area contributed by atoms with Crippen molar-refractivity contribution in [3.63, 3.8) is 0 Å². The number of anilines is 1. The van der Waals surface area contributed by atoms with Gasteiger partial charge in [0.05, 0.1) is 28.4 Å². The zero-order chi connectivity index (χ0) is 17.9. The number of morpholine rings is 1. The lowest BCUT2D eigenvalue weighted by Gasteiger charge is -2.35. The van der Waals surface area contributed by atoms with Crippen molar-refractivity contribution in [2.75, 3.05) is 25.4 Å². The van der Waals surface area contributed by atoms with Gasteiger partial charge in [-0.2, -0.15) is 0 Å². The molecule has 1 heterocycles. The SMILES string of the molecule is C[C@@H]1CN(C(=O)COC(=O)c2ccc([N+](=O)[O-])cc2N)C[C@@H](C)O1. The standard InChI is InChI=1S/C15H19N3O6/c1-9-6-17(7-10(2)24-9)14(19)8-23-15(20)12-4-3-11(18(21)22)5-13(12)16/h3-5,9-10H,6-8,16H2,1-2H3/t9-,10-/m1/s1. The average molecular weight is 337 g/mol. The minimum atomic E-state index is -0.801. The van der Waals surface area contributed by atoms with Crippen LogP contribution in [0.25, 0.3) is 0 Å². The molecule has 2 rings (SSSR count). The Balaban J connectivity index is 1.95. The number of nitrogens with two attached hydrogens (primary N) is 1. The van der Waals surface area contributed by atoms with E-state index in [-0.39, 0.29) is 35.1 Å². The smallest absolute Gasteiger partial charge is 0.340 e. The summed E-state index contributed by atoms with van der Waals surface area (Å²) >= 11 is 0. The molecule has 1 saturated heterocycles. The van der Waals surface area contributed by atoms with Crippen LogP contribution in [0.2, 0.25) is 0 Å². The van der Waals surface area contributed by atoms with Gasteiger partial charge in [0.15, 0.2) is 6.61 Å². The second-order valence-electron chi connectivity index (χ2n) is 5.66. The first-order valence-electron chi connectivity index (χ1n) is 7.42. The van der Waals surface area contributed by atoms with Crippen LogP contribution in [0, 0.1) is 10.1 Å². The van der Waals surface area contributed by atoms with E-state index in [1.54, 1.807) is 4.90 Å². The number of amides is 1. The van der Waals surface area contributed by atoms with Crippen LogP contribution in [0.3, 0.4) is 0 Å². The highest BCUT2D eigenvalue weighted by Gasteiger charge is 2.26. The number of nitro groups is 1. The van der Waals surface area contributed by atoms with Crippen LogP contribution in [0.5, 0.6) is 0 Å². The molecule has 1 fully saturated rings. The molecule has 9 heteroatoms. The van der Waals surface area contributed by atoms with Gasteiger partial charge in [-0.15, -0.1) is 0 Å². The predicted octanol–water partition coefficient (Wildman–Crippen LogP) is 0.970. The molecule has 0 unspecified atom stereocenters. The molecule has 9 nitrogen and oxygen atoms in total. The van der Waals surface area contributed by atoms with Crippen molar-refractivity contribution in [3.05, 3.63) is 33.9 Å². The Hall–Kier alpha value is -2.68. The number of carbonyl (C=O) groups excluding carboxylic acids is 2. The van der Waals surface area contributed by atoms with Gasteiger partial charge >= 0.3 is 5.97 Å². The minimum Gasteiger partial charge on any atom is -0.452 e. The van der Waals surface area contributed by atoms with Crippen molar-refractivity contribution < 1.29 is 24.0 Å². The van der Waals surface area contributed by atoms with Gasteiger partial charge in [0.1, 0.15) is 0 Å². The molecule has 2 atom stereocenters. The number of rotatable bonds is 4. The highest BCUT2D eigenvalue weighted by atomic mass is 16.6. The molecule has 0 bridgehead atoms. The van der Waals surface area contributed by atoms with E-state index >= 15 is 0 Å². The van der Waals surface area contributed by atoms with Gasteiger partial charge in [0.2, 0.25) is 0 Å². The number of benzene rings is 1. The van der Waals surface area contributed by atoms with Crippen molar-refractivity contribution in [2.45, 2.75) is 26.1 Å². The van der Waals surface area contributed by atoms with Crippen molar-refractivity contribution in [1.82, 2.24) is 4.90 Å². The lowest BCUT2D eigenvalue weighted by Crippen LogP contribution is -2.49. The Morgan fingerprint density at radius 1 is 1.38 bits per heavy atom. The summed E-state index contributed by atoms with van der Waals surface area (Å²) in [5.41, 5.74) is 5.31. The molecule has 1 aliphatic heterocycles. The van der Waals surface area contributed by atoms with Crippen molar-refractivity contribution in [1.29, 1.82) is 0 Å². The van der Waals surface area contributed by atoms with E-state index < -0.39 is 17.5 Å². The predicted molar refractivity (Wildman–Crippen MR) is 84.4 cm³/mol. The Bertz CT molecular complexity index is 653. The van der Waals surface area contributed by atoms with Crippen LogP contribution in [0.1, 0.15) is 24.2 Å². The highest BCUT2D eigenvalue weighted by molar-refractivity contribution is 5.96. The van der Waals surface area contributed by atoms with E-state index in [4.69, 9.17) is 15.2 Å². The molecular weight excluding hydrogens is 318 g/mol. The molecule has 0 spiro atoms. The Labute approximate surface area is 138 Å². The maximum atomic E-state index is 12.1. The van der Waals surface area contributed by atoms with Gasteiger partial charge in [-0.05, 0) is 19.9 Å². The van der Waals surface area contributed by atoms with E-state index in [1.165, 1.54) is 6.07 Å². The zero-order valence-electron chi connectivity index (χ0n) is 13.4. The fraction of sp³-hybridized carbons (Fsp3) is 0.467. The van der Waals surface area contributed by atoms with E-state index in [1.807, 2.05) is 13.8 Å². The van der Waals surface area contributed by atoms with Gasteiger partial charge in [-0.3, -0.25) is 14.9 Å². The normalized spacial score (nSPS) is 20.5. The van der Waals surface area contributed by atoms with Gasteiger partial charge in [0.25, 0.3) is 11.6 Å². The lowest BCUT2D eigenvalue weighted by molar-refractivity contribution is -0.384. The summed E-state index contributed by atoms with van der Waals surface area (Å²) in [5, 5.41) is 10.7. The molecule has 0 radical (unpaired) electrons. The van der Waals surface area contributed by atoms with Gasteiger partial charge in [-0.25, -0.2) is 4.79 Å². The number of nitro benzene ring substituents is 1. The summed E-state index contributed by atoms with van der Waals surface area (Å²) in [6.45, 7) is 4.16. The third-order valence-electron chi connectivity index (χ3n) is 3.56. The Morgan fingerprint density at radius 2 is 2.00 bits per heavy atom. The molecule has 0 aliphatic carbocycles. The lowest BCUT2D eigenvalue weighted by atomic mass is 10.1. The van der Waals surface area contributed by atoms with E-state index in [0.717, 1.165) is 12.1 Å². The van der Waals surface area contributed by atoms with Crippen LogP contribution in [0.15, 0.2) is 18.2 Å². The molecule has 130 valence electrons. The number of hydrogen-bond acceptors (Lipinski definition) is 7. The number of carbonyl (C=O) groups is 2. The molecular formula is C15H19N3O6. The Kier molecular flexibility index (Phi) is 5.35. The number of non-ortho nitro benzene ring substituents is 1. The van der Waals surface area contributed by atoms with Crippen LogP contribution in [-0.4, -0.2) is 53.6 Å². The number of nitrogens with zero attached hydrogens (tertiary/aromatic N) is 2. The number of ether oxygens (including phenoxy) is 2. The second-order valence-corrected chi connectivity index (χ2v) is 5.66. The summed E-state index contributed by atoms with van der Waals surface area (Å²) in [4.78, 5) is 35.7. The maximum Gasteiger partial charge on any atom is 0.340 e. The van der Waals surface area contributed by atoms with E-state index in [0.29, 0.717) is 13.1 Å². The molecule has 1 amide bonds. The topological polar surface area (TPSA) is 125 Å². The maximum absolute atomic E-state index is 12.1. The largest absolute Gasteiger partial charge is 0.452 e. The van der Waals surface area contributed by atoms with Gasteiger partial charge in [0, 0.05) is 25.2 Å². The fourth-order valence-electron chi connectivity index (χ4n) is 2.53. The minimum absolute atomic E-state index is 0.0166. The van der Waals surface area contributed by atoms with Crippen LogP contribution in [0.4, 0.5) is 11.4 Å². The monoisotopic (exact) mass is 337 g/mol. The number of esters is 1. The first-order chi connectivity index (χ1) is 11.3. The fourth-order valence-corrected chi connectivity index (χ4v) is 2.53. The van der Waals surface area contributed by atoms with Crippen LogP contribution < -0.4 is 5.73 Å². The zero-order valence-corrected chi connectivity index (χ0v) is 13.4. The number of hydrogen-bond donors (Lipinski definition) is 1. The van der Waals surface area contributed by atoms with E-state index in [2.05, 4.69) is 0 Å². The summed E-state index contributed by atoms with van der Waals surface area (Å²) in [5.74, 6) is -1.13. The molecule has 2 N–H and O–H groups in total. The molecule has 1 aliphatic rings. The first kappa shape index (κ1) is 17.7. The third-order valence-corrected chi connectivity index (χ3v) is 3.56. The second kappa shape index (κ2) is 7.26. The molecule has 0 aromatic heterocycles. The quantitative estimate of drug-likeness (QED) is 0.375. The van der Waals surface area contributed by atoms with E-state index in [9.17, 15) is 19.7 Å². The van der Waals surface area contributed by atoms with Crippen molar-refractivity contribution >= 4 is 23.3 Å². The van der Waals surface area contributed by atoms with Crippen molar-refractivity contribution in [2.24, 2.45) is 0 Å². The molecule has 24 heavy (non-hydrogen) atoms. The summed E-state index contributed by atoms with van der Waals surface area (Å²) in [6.07, 6.45) is -0.169. The molecule has 0 saturated carbocycles. The van der Waals surface area contributed by atoms with Crippen LogP contribution in [-0.2, 0) is 14.3 Å². The number of nitrogen functional groups attached to an aromatic ring is 1. The Morgan fingerprint density at radius 3 is 2.54 bits per heavy atom. The highest BCUT2D eigenvalue weighted by Crippen LogP contribution is 2.20. The van der Waals surface area contributed by atoms with Gasteiger partial charge in [-0.1, -0.05) is 0 Å². The average Bonchev–Trinajstić information content (AvgIpc) is 2.51.